The zero-order chi connectivity index (χ0) is 12.8. The second-order valence-corrected chi connectivity index (χ2v) is 4.51. The molecule has 1 unspecified atom stereocenters. The van der Waals surface area contributed by atoms with Crippen LogP contribution in [-0.2, 0) is 4.74 Å². The van der Waals surface area contributed by atoms with Crippen molar-refractivity contribution in [3.63, 3.8) is 0 Å². The second kappa shape index (κ2) is 6.61. The summed E-state index contributed by atoms with van der Waals surface area (Å²) in [5, 5.41) is 8.96. The molecule has 0 spiro atoms. The van der Waals surface area contributed by atoms with E-state index < -0.39 is 5.97 Å². The van der Waals surface area contributed by atoms with Crippen molar-refractivity contribution in [2.75, 3.05) is 13.7 Å². The van der Waals surface area contributed by atoms with Gasteiger partial charge in [-0.25, -0.2) is 4.79 Å². The van der Waals surface area contributed by atoms with Crippen molar-refractivity contribution in [1.29, 1.82) is 0 Å². The van der Waals surface area contributed by atoms with Crippen LogP contribution in [0.15, 0.2) is 22.7 Å². The van der Waals surface area contributed by atoms with Crippen molar-refractivity contribution >= 4 is 21.9 Å². The molecule has 0 bridgehead atoms. The highest BCUT2D eigenvalue weighted by Crippen LogP contribution is 2.23. The van der Waals surface area contributed by atoms with E-state index in [1.807, 2.05) is 6.92 Å². The van der Waals surface area contributed by atoms with Gasteiger partial charge < -0.3 is 14.6 Å². The van der Waals surface area contributed by atoms with E-state index in [2.05, 4.69) is 15.9 Å². The summed E-state index contributed by atoms with van der Waals surface area (Å²) in [6.07, 6.45) is 0.743. The van der Waals surface area contributed by atoms with Crippen LogP contribution in [0.3, 0.4) is 0 Å². The van der Waals surface area contributed by atoms with E-state index in [1.54, 1.807) is 19.2 Å². The van der Waals surface area contributed by atoms with Crippen LogP contribution in [0, 0.1) is 0 Å². The van der Waals surface area contributed by atoms with E-state index in [0.29, 0.717) is 16.8 Å². The van der Waals surface area contributed by atoms with Gasteiger partial charge in [-0.1, -0.05) is 0 Å². The van der Waals surface area contributed by atoms with E-state index in [4.69, 9.17) is 14.6 Å². The predicted molar refractivity (Wildman–Crippen MR) is 67.7 cm³/mol. The number of methoxy groups -OCH3 is 1. The molecular weight excluding hydrogens is 288 g/mol. The summed E-state index contributed by atoms with van der Waals surface area (Å²) >= 11 is 3.18. The number of hydrogen-bond donors (Lipinski definition) is 1. The van der Waals surface area contributed by atoms with Crippen molar-refractivity contribution < 1.29 is 19.4 Å². The van der Waals surface area contributed by atoms with Gasteiger partial charge in [-0.2, -0.15) is 0 Å². The van der Waals surface area contributed by atoms with Crippen LogP contribution in [0.1, 0.15) is 23.7 Å². The standard InChI is InChI=1S/C12H15BrO4/c1-8(5-6-16-2)17-9-3-4-11(13)10(7-9)12(14)15/h3-4,7-8H,5-6H2,1-2H3,(H,14,15). The molecular formula is C12H15BrO4. The summed E-state index contributed by atoms with van der Waals surface area (Å²) in [5.41, 5.74) is 0.196. The molecule has 0 radical (unpaired) electrons. The lowest BCUT2D eigenvalue weighted by molar-refractivity contribution is 0.0694. The van der Waals surface area contributed by atoms with Crippen LogP contribution >= 0.6 is 15.9 Å². The SMILES string of the molecule is COCCC(C)Oc1ccc(Br)c(C(=O)O)c1. The Hall–Kier alpha value is -1.07. The molecule has 0 saturated carbocycles. The van der Waals surface area contributed by atoms with Crippen LogP contribution in [0.5, 0.6) is 5.75 Å². The number of aromatic carboxylic acids is 1. The molecule has 1 aromatic rings. The zero-order valence-electron chi connectivity index (χ0n) is 9.77. The molecule has 0 aliphatic heterocycles. The molecule has 1 atom stereocenters. The Labute approximate surface area is 109 Å². The maximum absolute atomic E-state index is 10.9. The Morgan fingerprint density at radius 2 is 2.24 bits per heavy atom. The summed E-state index contributed by atoms with van der Waals surface area (Å²) in [6.45, 7) is 2.53. The molecule has 0 aliphatic carbocycles. The van der Waals surface area contributed by atoms with Gasteiger partial charge in [0.1, 0.15) is 5.75 Å². The van der Waals surface area contributed by atoms with E-state index in [9.17, 15) is 4.79 Å². The first-order chi connectivity index (χ1) is 8.04. The largest absolute Gasteiger partial charge is 0.491 e. The number of halogens is 1. The van der Waals surface area contributed by atoms with E-state index in [-0.39, 0.29) is 11.7 Å². The Balaban J connectivity index is 2.72. The van der Waals surface area contributed by atoms with Gasteiger partial charge in [0.15, 0.2) is 0 Å². The van der Waals surface area contributed by atoms with Crippen molar-refractivity contribution in [3.8, 4) is 5.75 Å². The minimum atomic E-state index is -0.980. The molecule has 0 aromatic heterocycles. The third kappa shape index (κ3) is 4.36. The number of carboxylic acid groups (broad SMARTS) is 1. The van der Waals surface area contributed by atoms with E-state index in [0.717, 1.165) is 6.42 Å². The van der Waals surface area contributed by atoms with Gasteiger partial charge in [0, 0.05) is 24.6 Å². The van der Waals surface area contributed by atoms with Crippen LogP contribution < -0.4 is 4.74 Å². The molecule has 0 heterocycles. The van der Waals surface area contributed by atoms with Gasteiger partial charge in [-0.15, -0.1) is 0 Å². The monoisotopic (exact) mass is 302 g/mol. The topological polar surface area (TPSA) is 55.8 Å². The quantitative estimate of drug-likeness (QED) is 0.878. The molecule has 94 valence electrons. The van der Waals surface area contributed by atoms with E-state index >= 15 is 0 Å². The van der Waals surface area contributed by atoms with Crippen LogP contribution in [-0.4, -0.2) is 30.9 Å². The smallest absolute Gasteiger partial charge is 0.336 e. The Morgan fingerprint density at radius 3 is 2.82 bits per heavy atom. The van der Waals surface area contributed by atoms with Crippen molar-refractivity contribution in [2.24, 2.45) is 0 Å². The summed E-state index contributed by atoms with van der Waals surface area (Å²) < 4.78 is 11.1. The molecule has 1 rings (SSSR count). The lowest BCUT2D eigenvalue weighted by atomic mass is 10.2. The molecule has 17 heavy (non-hydrogen) atoms. The molecule has 1 aromatic carbocycles. The summed E-state index contributed by atoms with van der Waals surface area (Å²) in [6, 6.07) is 4.91. The summed E-state index contributed by atoms with van der Waals surface area (Å²) in [4.78, 5) is 10.9. The molecule has 4 nitrogen and oxygen atoms in total. The van der Waals surface area contributed by atoms with Gasteiger partial charge in [0.25, 0.3) is 0 Å². The third-order valence-electron chi connectivity index (χ3n) is 2.23. The maximum Gasteiger partial charge on any atom is 0.336 e. The molecule has 5 heteroatoms. The average Bonchev–Trinajstić information content (AvgIpc) is 2.28. The Kier molecular flexibility index (Phi) is 5.44. The number of carboxylic acids is 1. The van der Waals surface area contributed by atoms with Crippen molar-refractivity contribution in [3.05, 3.63) is 28.2 Å². The summed E-state index contributed by atoms with van der Waals surface area (Å²) in [5.74, 6) is -0.430. The first-order valence-electron chi connectivity index (χ1n) is 5.23. The fourth-order valence-corrected chi connectivity index (χ4v) is 1.73. The highest BCUT2D eigenvalue weighted by atomic mass is 79.9. The van der Waals surface area contributed by atoms with Gasteiger partial charge in [-0.3, -0.25) is 0 Å². The zero-order valence-corrected chi connectivity index (χ0v) is 11.4. The lowest BCUT2D eigenvalue weighted by Gasteiger charge is -2.14. The lowest BCUT2D eigenvalue weighted by Crippen LogP contribution is -2.14. The normalized spacial score (nSPS) is 12.2. The van der Waals surface area contributed by atoms with Crippen LogP contribution in [0.4, 0.5) is 0 Å². The van der Waals surface area contributed by atoms with Gasteiger partial charge in [-0.05, 0) is 41.1 Å². The highest BCUT2D eigenvalue weighted by Gasteiger charge is 2.11. The van der Waals surface area contributed by atoms with Crippen LogP contribution in [0.25, 0.3) is 0 Å². The van der Waals surface area contributed by atoms with Gasteiger partial charge in [0.05, 0.1) is 11.7 Å². The second-order valence-electron chi connectivity index (χ2n) is 3.66. The third-order valence-corrected chi connectivity index (χ3v) is 2.93. The molecule has 0 saturated heterocycles. The maximum atomic E-state index is 10.9. The van der Waals surface area contributed by atoms with Crippen molar-refractivity contribution in [1.82, 2.24) is 0 Å². The molecule has 1 N–H and O–H groups in total. The predicted octanol–water partition coefficient (Wildman–Crippen LogP) is 2.95. The fourth-order valence-electron chi connectivity index (χ4n) is 1.32. The van der Waals surface area contributed by atoms with Gasteiger partial charge >= 0.3 is 5.97 Å². The minimum absolute atomic E-state index is 0.0160. The first-order valence-corrected chi connectivity index (χ1v) is 6.02. The molecule has 0 fully saturated rings. The number of hydrogen-bond acceptors (Lipinski definition) is 3. The van der Waals surface area contributed by atoms with Crippen LogP contribution in [0.2, 0.25) is 0 Å². The van der Waals surface area contributed by atoms with Gasteiger partial charge in [0.2, 0.25) is 0 Å². The molecule has 0 amide bonds. The van der Waals surface area contributed by atoms with Crippen molar-refractivity contribution in [2.45, 2.75) is 19.4 Å². The number of ether oxygens (including phenoxy) is 2. The average molecular weight is 303 g/mol. The van der Waals surface area contributed by atoms with E-state index in [1.165, 1.54) is 6.07 Å². The minimum Gasteiger partial charge on any atom is -0.491 e. The number of benzene rings is 1. The highest BCUT2D eigenvalue weighted by molar-refractivity contribution is 9.10. The number of carbonyl (C=O) groups is 1. The number of rotatable bonds is 6. The fraction of sp³-hybridized carbons (Fsp3) is 0.417. The Bertz CT molecular complexity index is 392. The Morgan fingerprint density at radius 1 is 1.53 bits per heavy atom. The molecule has 0 aliphatic rings. The summed E-state index contributed by atoms with van der Waals surface area (Å²) in [7, 11) is 1.63. The first kappa shape index (κ1) is 14.0.